The third-order valence-electron chi connectivity index (χ3n) is 5.67. The Balaban J connectivity index is 0.00000280. The van der Waals surface area contributed by atoms with Crippen LogP contribution in [0.1, 0.15) is 64.5 Å². The number of hydrogen-bond donors (Lipinski definition) is 3. The maximum Gasteiger partial charge on any atom is 0.224 e. The Hall–Kier alpha value is -1.51. The molecule has 1 amide bonds. The van der Waals surface area contributed by atoms with E-state index in [0.29, 0.717) is 12.5 Å². The third kappa shape index (κ3) is 5.10. The van der Waals surface area contributed by atoms with Crippen LogP contribution in [-0.2, 0) is 4.79 Å². The molecule has 0 bridgehead atoms. The number of hydrogen-bond acceptors (Lipinski definition) is 3. The first-order chi connectivity index (χ1) is 12.9. The Bertz CT molecular complexity index is 714. The predicted molar refractivity (Wildman–Crippen MR) is 123 cm³/mol. The number of para-hydroxylation sites is 1. The summed E-state index contributed by atoms with van der Waals surface area (Å²) in [6.45, 7) is 6.76. The zero-order valence-corrected chi connectivity index (χ0v) is 19.4. The van der Waals surface area contributed by atoms with Crippen LogP contribution in [0.4, 0.5) is 0 Å². The summed E-state index contributed by atoms with van der Waals surface area (Å²) in [6, 6.07) is 8.37. The maximum absolute atomic E-state index is 11.6. The first-order valence-corrected chi connectivity index (χ1v) is 9.98. The molecule has 4 N–H and O–H groups in total. The minimum absolute atomic E-state index is 0. The Morgan fingerprint density at radius 3 is 2.64 bits per heavy atom. The van der Waals surface area contributed by atoms with Crippen LogP contribution in [0.3, 0.4) is 0 Å². The monoisotopic (exact) mass is 500 g/mol. The number of halogens is 1. The highest BCUT2D eigenvalue weighted by atomic mass is 127. The van der Waals surface area contributed by atoms with Gasteiger partial charge in [-0.2, -0.15) is 0 Å². The molecule has 1 aromatic rings. The minimum atomic E-state index is -0.678. The molecule has 1 unspecified atom stereocenters. The van der Waals surface area contributed by atoms with Gasteiger partial charge in [-0.3, -0.25) is 9.79 Å². The summed E-state index contributed by atoms with van der Waals surface area (Å²) >= 11 is 0. The van der Waals surface area contributed by atoms with E-state index in [1.807, 2.05) is 32.9 Å². The van der Waals surface area contributed by atoms with Crippen molar-refractivity contribution in [2.45, 2.75) is 64.5 Å². The van der Waals surface area contributed by atoms with Gasteiger partial charge in [0.25, 0.3) is 0 Å². The van der Waals surface area contributed by atoms with Gasteiger partial charge in [0.15, 0.2) is 5.96 Å². The number of nitrogens with one attached hydrogen (secondary N) is 2. The zero-order valence-electron chi connectivity index (χ0n) is 17.1. The van der Waals surface area contributed by atoms with E-state index in [-0.39, 0.29) is 41.5 Å². The standard InChI is InChI=1S/C21H32N4O2.HI/c1-4-23-19(24-14-20(2,3)18(22)26)25-16-13-21(11-7-8-12-21)27-17-10-6-5-9-15(16)17;/h5-6,9-10,16H,4,7-8,11-14H2,1-3H3,(H2,22,26)(H2,23,24,25);1H. The van der Waals surface area contributed by atoms with E-state index >= 15 is 0 Å². The van der Waals surface area contributed by atoms with E-state index in [1.165, 1.54) is 12.8 Å². The summed E-state index contributed by atoms with van der Waals surface area (Å²) in [6.07, 6.45) is 5.56. The fraction of sp³-hybridized carbons (Fsp3) is 0.619. The van der Waals surface area contributed by atoms with E-state index in [4.69, 9.17) is 10.5 Å². The lowest BCUT2D eigenvalue weighted by atomic mass is 9.86. The SMILES string of the molecule is CCNC(=NCC(C)(C)C(N)=O)NC1CC2(CCCC2)Oc2ccccc21.I. The number of nitrogens with zero attached hydrogens (tertiary/aromatic N) is 1. The number of fused-ring (bicyclic) bond motifs is 1. The Morgan fingerprint density at radius 2 is 2.00 bits per heavy atom. The van der Waals surface area contributed by atoms with Crippen molar-refractivity contribution in [2.24, 2.45) is 16.1 Å². The van der Waals surface area contributed by atoms with Crippen LogP contribution in [0.5, 0.6) is 5.75 Å². The molecule has 1 fully saturated rings. The molecule has 1 aromatic carbocycles. The van der Waals surface area contributed by atoms with E-state index in [0.717, 1.165) is 37.1 Å². The van der Waals surface area contributed by atoms with Crippen molar-refractivity contribution in [2.75, 3.05) is 13.1 Å². The summed E-state index contributed by atoms with van der Waals surface area (Å²) in [5.74, 6) is 1.33. The number of guanidine groups is 1. The second-order valence-corrected chi connectivity index (χ2v) is 8.37. The summed E-state index contributed by atoms with van der Waals surface area (Å²) in [5, 5.41) is 6.88. The van der Waals surface area contributed by atoms with E-state index in [1.54, 1.807) is 0 Å². The molecule has 0 saturated heterocycles. The highest BCUT2D eigenvalue weighted by Gasteiger charge is 2.43. The summed E-state index contributed by atoms with van der Waals surface area (Å²) in [7, 11) is 0. The lowest BCUT2D eigenvalue weighted by molar-refractivity contribution is -0.125. The van der Waals surface area contributed by atoms with Crippen molar-refractivity contribution in [3.05, 3.63) is 29.8 Å². The van der Waals surface area contributed by atoms with Crippen LogP contribution in [0.25, 0.3) is 0 Å². The van der Waals surface area contributed by atoms with Gasteiger partial charge in [0.05, 0.1) is 18.0 Å². The molecule has 1 spiro atoms. The van der Waals surface area contributed by atoms with Crippen molar-refractivity contribution in [1.82, 2.24) is 10.6 Å². The largest absolute Gasteiger partial charge is 0.487 e. The molecule has 7 heteroatoms. The van der Waals surface area contributed by atoms with E-state index < -0.39 is 5.41 Å². The molecule has 2 aliphatic rings. The first kappa shape index (κ1) is 22.8. The highest BCUT2D eigenvalue weighted by molar-refractivity contribution is 14.0. The van der Waals surface area contributed by atoms with Crippen LogP contribution >= 0.6 is 24.0 Å². The van der Waals surface area contributed by atoms with Crippen molar-refractivity contribution in [1.29, 1.82) is 0 Å². The topological polar surface area (TPSA) is 88.7 Å². The van der Waals surface area contributed by atoms with Crippen LogP contribution < -0.4 is 21.1 Å². The van der Waals surface area contributed by atoms with Gasteiger partial charge in [-0.15, -0.1) is 24.0 Å². The smallest absolute Gasteiger partial charge is 0.224 e. The highest BCUT2D eigenvalue weighted by Crippen LogP contribution is 2.46. The molecule has 1 atom stereocenters. The van der Waals surface area contributed by atoms with E-state index in [9.17, 15) is 4.79 Å². The molecule has 1 aliphatic carbocycles. The Labute approximate surface area is 185 Å². The Morgan fingerprint density at radius 1 is 1.32 bits per heavy atom. The molecular formula is C21H33IN4O2. The van der Waals surface area contributed by atoms with Crippen LogP contribution in [0.15, 0.2) is 29.3 Å². The molecule has 3 rings (SSSR count). The number of aliphatic imine (C=N–C) groups is 1. The molecule has 6 nitrogen and oxygen atoms in total. The molecule has 0 aromatic heterocycles. The molecule has 1 aliphatic heterocycles. The van der Waals surface area contributed by atoms with Gasteiger partial charge in [0.2, 0.25) is 5.91 Å². The van der Waals surface area contributed by atoms with Gasteiger partial charge >= 0.3 is 0 Å². The molecule has 0 radical (unpaired) electrons. The zero-order chi connectivity index (χ0) is 19.5. The van der Waals surface area contributed by atoms with Gasteiger partial charge in [-0.1, -0.05) is 18.2 Å². The predicted octanol–water partition coefficient (Wildman–Crippen LogP) is 3.51. The van der Waals surface area contributed by atoms with Crippen LogP contribution in [-0.4, -0.2) is 30.6 Å². The number of carbonyl (C=O) groups is 1. The molecule has 156 valence electrons. The number of amides is 1. The summed E-state index contributed by atoms with van der Waals surface area (Å²) in [4.78, 5) is 16.3. The fourth-order valence-corrected chi connectivity index (χ4v) is 3.91. The molecule has 1 saturated carbocycles. The number of carbonyl (C=O) groups excluding carboxylic acids is 1. The van der Waals surface area contributed by atoms with Crippen molar-refractivity contribution >= 4 is 35.8 Å². The number of ether oxygens (including phenoxy) is 1. The van der Waals surface area contributed by atoms with Crippen molar-refractivity contribution < 1.29 is 9.53 Å². The second-order valence-electron chi connectivity index (χ2n) is 8.37. The van der Waals surface area contributed by atoms with Crippen molar-refractivity contribution in [3.63, 3.8) is 0 Å². The van der Waals surface area contributed by atoms with Gasteiger partial charge < -0.3 is 21.1 Å². The number of rotatable bonds is 5. The number of nitrogens with two attached hydrogens (primary N) is 1. The van der Waals surface area contributed by atoms with Gasteiger partial charge in [0, 0.05) is 18.5 Å². The second kappa shape index (κ2) is 9.33. The summed E-state index contributed by atoms with van der Waals surface area (Å²) < 4.78 is 6.44. The van der Waals surface area contributed by atoms with E-state index in [2.05, 4.69) is 27.8 Å². The minimum Gasteiger partial charge on any atom is -0.487 e. The molecule has 1 heterocycles. The van der Waals surface area contributed by atoms with Crippen LogP contribution in [0, 0.1) is 5.41 Å². The fourth-order valence-electron chi connectivity index (χ4n) is 3.91. The number of primary amides is 1. The maximum atomic E-state index is 11.6. The van der Waals surface area contributed by atoms with Crippen LogP contribution in [0.2, 0.25) is 0 Å². The average Bonchev–Trinajstić information content (AvgIpc) is 3.07. The van der Waals surface area contributed by atoms with Gasteiger partial charge in [0.1, 0.15) is 11.4 Å². The quantitative estimate of drug-likeness (QED) is 0.328. The molecular weight excluding hydrogens is 467 g/mol. The number of benzene rings is 1. The normalized spacial score (nSPS) is 20.7. The van der Waals surface area contributed by atoms with Gasteiger partial charge in [-0.05, 0) is 52.5 Å². The van der Waals surface area contributed by atoms with Crippen molar-refractivity contribution in [3.8, 4) is 5.75 Å². The molecule has 28 heavy (non-hydrogen) atoms. The third-order valence-corrected chi connectivity index (χ3v) is 5.67. The Kier molecular flexibility index (Phi) is 7.59. The van der Waals surface area contributed by atoms with Gasteiger partial charge in [-0.25, -0.2) is 0 Å². The first-order valence-electron chi connectivity index (χ1n) is 9.98. The lowest BCUT2D eigenvalue weighted by Crippen LogP contribution is -2.47. The summed E-state index contributed by atoms with van der Waals surface area (Å²) in [5.41, 5.74) is 5.90. The average molecular weight is 500 g/mol. The lowest BCUT2D eigenvalue weighted by Gasteiger charge is -2.40.